The molecule has 0 radical (unpaired) electrons. The number of fused-ring (bicyclic) bond motifs is 1. The van der Waals surface area contributed by atoms with Crippen LogP contribution < -0.4 is 15.5 Å². The van der Waals surface area contributed by atoms with E-state index in [2.05, 4.69) is 31.8 Å². The summed E-state index contributed by atoms with van der Waals surface area (Å²) in [6, 6.07) is 18.4. The van der Waals surface area contributed by atoms with Crippen LogP contribution >= 0.6 is 15.9 Å². The summed E-state index contributed by atoms with van der Waals surface area (Å²) in [6.45, 7) is 0. The Hall–Kier alpha value is -3.19. The number of hydrazone groups is 1. The van der Waals surface area contributed by atoms with Gasteiger partial charge in [0.1, 0.15) is 5.75 Å². The highest BCUT2D eigenvalue weighted by Crippen LogP contribution is 2.23. The number of nitrogens with zero attached hydrogens (tertiary/aromatic N) is 1. The van der Waals surface area contributed by atoms with Crippen molar-refractivity contribution in [3.05, 3.63) is 70.7 Å². The molecule has 27 heavy (non-hydrogen) atoms. The average molecular weight is 426 g/mol. The lowest BCUT2D eigenvalue weighted by molar-refractivity contribution is -0.136. The first-order chi connectivity index (χ1) is 13.1. The predicted octanol–water partition coefficient (Wildman–Crippen LogP) is 3.70. The van der Waals surface area contributed by atoms with E-state index in [1.165, 1.54) is 6.21 Å². The van der Waals surface area contributed by atoms with Crippen LogP contribution in [0.25, 0.3) is 10.8 Å². The highest BCUT2D eigenvalue weighted by atomic mass is 79.9. The summed E-state index contributed by atoms with van der Waals surface area (Å²) in [5.74, 6) is -1.01. The van der Waals surface area contributed by atoms with Gasteiger partial charge in [-0.3, -0.25) is 9.59 Å². The molecule has 3 aromatic carbocycles. The summed E-state index contributed by atoms with van der Waals surface area (Å²) < 4.78 is 5.92. The molecule has 0 aliphatic carbocycles. The third-order valence-corrected chi connectivity index (χ3v) is 4.54. The molecule has 0 spiro atoms. The van der Waals surface area contributed by atoms with Crippen molar-refractivity contribution < 1.29 is 14.3 Å². The van der Waals surface area contributed by atoms with Gasteiger partial charge in [0.25, 0.3) is 0 Å². The lowest BCUT2D eigenvalue weighted by Gasteiger charge is -2.07. The summed E-state index contributed by atoms with van der Waals surface area (Å²) in [6.07, 6.45) is 1.43. The highest BCUT2D eigenvalue weighted by molar-refractivity contribution is 9.10. The summed E-state index contributed by atoms with van der Waals surface area (Å²) in [7, 11) is 1.56. The lowest BCUT2D eigenvalue weighted by atomic mass is 10.1. The zero-order valence-electron chi connectivity index (χ0n) is 14.4. The number of benzene rings is 3. The predicted molar refractivity (Wildman–Crippen MR) is 109 cm³/mol. The van der Waals surface area contributed by atoms with Crippen molar-refractivity contribution in [2.24, 2.45) is 5.10 Å². The van der Waals surface area contributed by atoms with E-state index in [-0.39, 0.29) is 0 Å². The molecule has 0 fully saturated rings. The number of amides is 2. The number of hydrogen-bond acceptors (Lipinski definition) is 4. The Balaban J connectivity index is 1.67. The van der Waals surface area contributed by atoms with E-state index in [1.807, 2.05) is 36.4 Å². The quantitative estimate of drug-likeness (QED) is 0.379. The molecule has 0 saturated heterocycles. The first-order valence-electron chi connectivity index (χ1n) is 8.04. The number of carbonyl (C=O) groups is 2. The van der Waals surface area contributed by atoms with Crippen LogP contribution in [0.2, 0.25) is 0 Å². The van der Waals surface area contributed by atoms with Crippen molar-refractivity contribution in [3.8, 4) is 5.75 Å². The molecule has 0 bridgehead atoms. The van der Waals surface area contributed by atoms with Crippen molar-refractivity contribution in [2.75, 3.05) is 12.4 Å². The van der Waals surface area contributed by atoms with Gasteiger partial charge in [-0.05, 0) is 29.7 Å². The number of rotatable bonds is 4. The Bertz CT molecular complexity index is 1030. The van der Waals surface area contributed by atoms with Gasteiger partial charge < -0.3 is 10.1 Å². The second-order valence-corrected chi connectivity index (χ2v) is 6.42. The molecule has 0 saturated carbocycles. The average Bonchev–Trinajstić information content (AvgIpc) is 2.69. The minimum atomic E-state index is -0.863. The van der Waals surface area contributed by atoms with Gasteiger partial charge in [0.15, 0.2) is 0 Å². The maximum Gasteiger partial charge on any atom is 0.329 e. The van der Waals surface area contributed by atoms with Gasteiger partial charge in [-0.2, -0.15) is 5.10 Å². The van der Waals surface area contributed by atoms with Gasteiger partial charge in [0.2, 0.25) is 0 Å². The van der Waals surface area contributed by atoms with Crippen LogP contribution in [0, 0.1) is 0 Å². The minimum absolute atomic E-state index is 0.563. The normalized spacial score (nSPS) is 10.7. The van der Waals surface area contributed by atoms with Gasteiger partial charge in [-0.1, -0.05) is 52.3 Å². The van der Waals surface area contributed by atoms with Crippen molar-refractivity contribution in [1.82, 2.24) is 5.43 Å². The largest absolute Gasteiger partial charge is 0.497 e. The fourth-order valence-corrected chi connectivity index (χ4v) is 2.82. The lowest BCUT2D eigenvalue weighted by Crippen LogP contribution is -2.32. The van der Waals surface area contributed by atoms with Crippen LogP contribution in [0.4, 0.5) is 5.69 Å². The second kappa shape index (κ2) is 8.46. The zero-order chi connectivity index (χ0) is 19.2. The molecule has 2 amide bonds. The molecule has 0 aliphatic heterocycles. The number of ether oxygens (including phenoxy) is 1. The highest BCUT2D eigenvalue weighted by Gasteiger charge is 2.14. The number of nitrogens with one attached hydrogen (secondary N) is 2. The summed E-state index contributed by atoms with van der Waals surface area (Å²) >= 11 is 3.38. The molecule has 0 unspecified atom stereocenters. The van der Waals surface area contributed by atoms with E-state index in [0.717, 1.165) is 15.2 Å². The molecule has 2 N–H and O–H groups in total. The standard InChI is InChI=1S/C20H16BrN3O3/c1-27-15-9-10-17(21)14(11-15)12-22-24-20(26)19(25)23-18-8-4-6-13-5-2-3-7-16(13)18/h2-12H,1H3,(H,23,25)(H,24,26). The molecule has 0 atom stereocenters. The van der Waals surface area contributed by atoms with Crippen molar-refractivity contribution in [2.45, 2.75) is 0 Å². The number of halogens is 1. The van der Waals surface area contributed by atoms with Gasteiger partial charge in [-0.25, -0.2) is 5.43 Å². The smallest absolute Gasteiger partial charge is 0.329 e. The van der Waals surface area contributed by atoms with E-state index in [9.17, 15) is 9.59 Å². The van der Waals surface area contributed by atoms with Crippen LogP contribution in [-0.2, 0) is 9.59 Å². The topological polar surface area (TPSA) is 79.8 Å². The van der Waals surface area contributed by atoms with E-state index in [4.69, 9.17) is 4.74 Å². The van der Waals surface area contributed by atoms with Gasteiger partial charge in [0.05, 0.1) is 13.3 Å². The Morgan fingerprint density at radius 3 is 2.63 bits per heavy atom. The SMILES string of the molecule is COc1ccc(Br)c(C=NNC(=O)C(=O)Nc2cccc3ccccc23)c1. The van der Waals surface area contributed by atoms with Crippen LogP contribution in [0.3, 0.4) is 0 Å². The van der Waals surface area contributed by atoms with Crippen LogP contribution in [-0.4, -0.2) is 25.1 Å². The zero-order valence-corrected chi connectivity index (χ0v) is 16.0. The Morgan fingerprint density at radius 2 is 1.81 bits per heavy atom. The van der Waals surface area contributed by atoms with Crippen molar-refractivity contribution in [3.63, 3.8) is 0 Å². The molecule has 6 nitrogen and oxygen atoms in total. The van der Waals surface area contributed by atoms with Gasteiger partial charge in [0, 0.05) is 21.1 Å². The molecular weight excluding hydrogens is 410 g/mol. The molecule has 0 heterocycles. The molecule has 3 aromatic rings. The number of carbonyl (C=O) groups excluding carboxylic acids is 2. The molecule has 0 aromatic heterocycles. The summed E-state index contributed by atoms with van der Waals surface area (Å²) in [4.78, 5) is 24.1. The summed E-state index contributed by atoms with van der Waals surface area (Å²) in [5.41, 5.74) is 3.48. The maximum absolute atomic E-state index is 12.1. The molecule has 7 heteroatoms. The third-order valence-electron chi connectivity index (χ3n) is 3.82. The maximum atomic E-state index is 12.1. The fourth-order valence-electron chi connectivity index (χ4n) is 2.47. The van der Waals surface area contributed by atoms with Crippen LogP contribution in [0.1, 0.15) is 5.56 Å². The monoisotopic (exact) mass is 425 g/mol. The Morgan fingerprint density at radius 1 is 1.04 bits per heavy atom. The Labute approximate surface area is 164 Å². The molecular formula is C20H16BrN3O3. The molecule has 0 aliphatic rings. The fraction of sp³-hybridized carbons (Fsp3) is 0.0500. The van der Waals surface area contributed by atoms with Crippen LogP contribution in [0.15, 0.2) is 70.2 Å². The van der Waals surface area contributed by atoms with E-state index >= 15 is 0 Å². The molecule has 136 valence electrons. The van der Waals surface area contributed by atoms with Crippen molar-refractivity contribution >= 4 is 50.4 Å². The first-order valence-corrected chi connectivity index (χ1v) is 8.83. The van der Waals surface area contributed by atoms with Gasteiger partial charge in [-0.15, -0.1) is 0 Å². The molecule has 3 rings (SSSR count). The summed E-state index contributed by atoms with van der Waals surface area (Å²) in [5, 5.41) is 8.26. The van der Waals surface area contributed by atoms with Crippen molar-refractivity contribution in [1.29, 1.82) is 0 Å². The number of methoxy groups -OCH3 is 1. The van der Waals surface area contributed by atoms with E-state index in [1.54, 1.807) is 31.4 Å². The Kier molecular flexibility index (Phi) is 5.83. The minimum Gasteiger partial charge on any atom is -0.497 e. The van der Waals surface area contributed by atoms with Crippen LogP contribution in [0.5, 0.6) is 5.75 Å². The second-order valence-electron chi connectivity index (χ2n) is 5.57. The number of anilines is 1. The van der Waals surface area contributed by atoms with E-state index < -0.39 is 11.8 Å². The first kappa shape index (κ1) is 18.6. The van der Waals surface area contributed by atoms with Gasteiger partial charge >= 0.3 is 11.8 Å². The number of hydrogen-bond donors (Lipinski definition) is 2. The third kappa shape index (κ3) is 4.51. The van der Waals surface area contributed by atoms with E-state index in [0.29, 0.717) is 17.0 Å².